The second-order valence-corrected chi connectivity index (χ2v) is 5.56. The van der Waals surface area contributed by atoms with Crippen LogP contribution in [0.2, 0.25) is 15.2 Å². The van der Waals surface area contributed by atoms with E-state index in [1.807, 2.05) is 19.9 Å². The Bertz CT molecular complexity index is 663. The van der Waals surface area contributed by atoms with Gasteiger partial charge in [0.05, 0.1) is 21.3 Å². The minimum atomic E-state index is -0.343. The lowest BCUT2D eigenvalue weighted by Crippen LogP contribution is -2.13. The number of rotatable bonds is 2. The molecule has 1 amide bonds. The van der Waals surface area contributed by atoms with Gasteiger partial charge in [-0.1, -0.05) is 40.9 Å². The first kappa shape index (κ1) is 15.1. The van der Waals surface area contributed by atoms with Gasteiger partial charge >= 0.3 is 0 Å². The summed E-state index contributed by atoms with van der Waals surface area (Å²) < 4.78 is 0. The van der Waals surface area contributed by atoms with Crippen LogP contribution in [-0.2, 0) is 0 Å². The molecule has 0 saturated carbocycles. The Labute approximate surface area is 131 Å². The highest BCUT2D eigenvalue weighted by molar-refractivity contribution is 6.41. The van der Waals surface area contributed by atoms with Gasteiger partial charge in [-0.2, -0.15) is 0 Å². The molecule has 1 N–H and O–H groups in total. The van der Waals surface area contributed by atoms with Crippen LogP contribution in [0.25, 0.3) is 0 Å². The quantitative estimate of drug-likeness (QED) is 0.795. The van der Waals surface area contributed by atoms with Crippen molar-refractivity contribution in [3.8, 4) is 0 Å². The fraction of sp³-hybridized carbons (Fsp3) is 0.143. The van der Waals surface area contributed by atoms with Crippen LogP contribution in [0, 0.1) is 13.8 Å². The van der Waals surface area contributed by atoms with E-state index >= 15 is 0 Å². The minimum Gasteiger partial charge on any atom is -0.320 e. The molecule has 0 saturated heterocycles. The van der Waals surface area contributed by atoms with E-state index in [0.717, 1.165) is 11.1 Å². The highest BCUT2D eigenvalue weighted by atomic mass is 35.5. The van der Waals surface area contributed by atoms with E-state index in [4.69, 9.17) is 34.8 Å². The summed E-state index contributed by atoms with van der Waals surface area (Å²) in [7, 11) is 0. The number of carbonyl (C=O) groups excluding carboxylic acids is 1. The highest BCUT2D eigenvalue weighted by Crippen LogP contribution is 2.28. The van der Waals surface area contributed by atoms with Gasteiger partial charge in [0.2, 0.25) is 0 Å². The van der Waals surface area contributed by atoms with E-state index in [-0.39, 0.29) is 16.1 Å². The minimum absolute atomic E-state index is 0.160. The topological polar surface area (TPSA) is 42.0 Å². The Morgan fingerprint density at radius 1 is 1.10 bits per heavy atom. The number of carbonyl (C=O) groups is 1. The molecule has 0 spiro atoms. The van der Waals surface area contributed by atoms with E-state index < -0.39 is 0 Å². The van der Waals surface area contributed by atoms with Gasteiger partial charge in [0.15, 0.2) is 0 Å². The summed E-state index contributed by atoms with van der Waals surface area (Å²) >= 11 is 17.7. The van der Waals surface area contributed by atoms with Crippen molar-refractivity contribution >= 4 is 46.4 Å². The maximum atomic E-state index is 12.2. The number of hydrogen-bond donors (Lipinski definition) is 1. The largest absolute Gasteiger partial charge is 0.320 e. The third-order valence-electron chi connectivity index (χ3n) is 2.73. The normalized spacial score (nSPS) is 10.4. The molecule has 2 aromatic rings. The summed E-state index contributed by atoms with van der Waals surface area (Å²) in [6.07, 6.45) is 1.36. The Morgan fingerprint density at radius 2 is 1.80 bits per heavy atom. The number of nitrogens with one attached hydrogen (secondary N) is 1. The van der Waals surface area contributed by atoms with Crippen molar-refractivity contribution in [3.05, 3.63) is 56.3 Å². The van der Waals surface area contributed by atoms with Gasteiger partial charge in [0.1, 0.15) is 5.15 Å². The molecule has 104 valence electrons. The SMILES string of the molecule is Cc1cc(C)c(NC(=O)c2cnc(Cl)c(Cl)c2)c(Cl)c1. The second kappa shape index (κ2) is 6.00. The van der Waals surface area contributed by atoms with Gasteiger partial charge in [-0.25, -0.2) is 4.98 Å². The number of anilines is 1. The van der Waals surface area contributed by atoms with Crippen molar-refractivity contribution in [1.29, 1.82) is 0 Å². The number of amides is 1. The van der Waals surface area contributed by atoms with Crippen LogP contribution in [0.1, 0.15) is 21.5 Å². The molecule has 1 heterocycles. The van der Waals surface area contributed by atoms with Crippen molar-refractivity contribution in [3.63, 3.8) is 0 Å². The van der Waals surface area contributed by atoms with Crippen LogP contribution in [0.5, 0.6) is 0 Å². The van der Waals surface area contributed by atoms with Crippen LogP contribution in [0.4, 0.5) is 5.69 Å². The summed E-state index contributed by atoms with van der Waals surface area (Å²) in [5, 5.41) is 3.63. The lowest BCUT2D eigenvalue weighted by Gasteiger charge is -2.11. The summed E-state index contributed by atoms with van der Waals surface area (Å²) in [4.78, 5) is 16.0. The third kappa shape index (κ3) is 3.23. The average Bonchev–Trinajstić information content (AvgIpc) is 2.36. The summed E-state index contributed by atoms with van der Waals surface area (Å²) in [6, 6.07) is 5.19. The van der Waals surface area contributed by atoms with E-state index in [1.165, 1.54) is 12.3 Å². The van der Waals surface area contributed by atoms with Gasteiger partial charge in [0, 0.05) is 6.20 Å². The summed E-state index contributed by atoms with van der Waals surface area (Å²) in [6.45, 7) is 3.81. The zero-order chi connectivity index (χ0) is 14.9. The first-order valence-electron chi connectivity index (χ1n) is 5.77. The Kier molecular flexibility index (Phi) is 4.53. The van der Waals surface area contributed by atoms with Gasteiger partial charge in [-0.05, 0) is 37.1 Å². The van der Waals surface area contributed by atoms with Crippen molar-refractivity contribution in [2.24, 2.45) is 0 Å². The number of aromatic nitrogens is 1. The molecule has 20 heavy (non-hydrogen) atoms. The van der Waals surface area contributed by atoms with Crippen molar-refractivity contribution in [2.75, 3.05) is 5.32 Å². The van der Waals surface area contributed by atoms with Crippen LogP contribution >= 0.6 is 34.8 Å². The van der Waals surface area contributed by atoms with Crippen LogP contribution in [-0.4, -0.2) is 10.9 Å². The van der Waals surface area contributed by atoms with Crippen LogP contribution in [0.3, 0.4) is 0 Å². The number of hydrogen-bond acceptors (Lipinski definition) is 2. The number of pyridine rings is 1. The Balaban J connectivity index is 2.30. The molecule has 1 aromatic carbocycles. The molecule has 2 rings (SSSR count). The van der Waals surface area contributed by atoms with Crippen LogP contribution in [0.15, 0.2) is 24.4 Å². The highest BCUT2D eigenvalue weighted by Gasteiger charge is 2.13. The lowest BCUT2D eigenvalue weighted by molar-refractivity contribution is 0.102. The molecule has 0 radical (unpaired) electrons. The zero-order valence-electron chi connectivity index (χ0n) is 10.8. The smallest absolute Gasteiger partial charge is 0.257 e. The van der Waals surface area contributed by atoms with Crippen molar-refractivity contribution in [2.45, 2.75) is 13.8 Å². The fourth-order valence-electron chi connectivity index (χ4n) is 1.81. The molecule has 0 aliphatic heterocycles. The fourth-order valence-corrected chi connectivity index (χ4v) is 2.44. The van der Waals surface area contributed by atoms with Gasteiger partial charge < -0.3 is 5.32 Å². The summed E-state index contributed by atoms with van der Waals surface area (Å²) in [5.41, 5.74) is 2.81. The molecule has 0 aliphatic rings. The van der Waals surface area contributed by atoms with E-state index in [9.17, 15) is 4.79 Å². The maximum absolute atomic E-state index is 12.2. The van der Waals surface area contributed by atoms with E-state index in [2.05, 4.69) is 10.3 Å². The second-order valence-electron chi connectivity index (χ2n) is 4.39. The van der Waals surface area contributed by atoms with Crippen molar-refractivity contribution < 1.29 is 4.79 Å². The number of nitrogens with zero attached hydrogens (tertiary/aromatic N) is 1. The van der Waals surface area contributed by atoms with Crippen LogP contribution < -0.4 is 5.32 Å². The maximum Gasteiger partial charge on any atom is 0.257 e. The van der Waals surface area contributed by atoms with Gasteiger partial charge in [0.25, 0.3) is 5.91 Å². The zero-order valence-corrected chi connectivity index (χ0v) is 13.1. The molecule has 3 nitrogen and oxygen atoms in total. The summed E-state index contributed by atoms with van der Waals surface area (Å²) in [5.74, 6) is -0.343. The molecule has 0 unspecified atom stereocenters. The molecule has 0 fully saturated rings. The molecular weight excluding hydrogens is 319 g/mol. The molecule has 0 atom stereocenters. The van der Waals surface area contributed by atoms with E-state index in [1.54, 1.807) is 6.07 Å². The molecule has 1 aromatic heterocycles. The predicted octanol–water partition coefficient (Wildman–Crippen LogP) is 4.91. The van der Waals surface area contributed by atoms with Crippen molar-refractivity contribution in [1.82, 2.24) is 4.98 Å². The Hall–Kier alpha value is -1.29. The van der Waals surface area contributed by atoms with E-state index in [0.29, 0.717) is 16.3 Å². The monoisotopic (exact) mass is 328 g/mol. The average molecular weight is 330 g/mol. The first-order valence-corrected chi connectivity index (χ1v) is 6.91. The van der Waals surface area contributed by atoms with Gasteiger partial charge in [-0.15, -0.1) is 0 Å². The molecule has 0 bridgehead atoms. The molecule has 0 aliphatic carbocycles. The van der Waals surface area contributed by atoms with Gasteiger partial charge in [-0.3, -0.25) is 4.79 Å². The molecular formula is C14H11Cl3N2O. The third-order valence-corrected chi connectivity index (χ3v) is 3.71. The Morgan fingerprint density at radius 3 is 2.40 bits per heavy atom. The number of benzene rings is 1. The first-order chi connectivity index (χ1) is 9.38. The predicted molar refractivity (Wildman–Crippen MR) is 83.1 cm³/mol. The number of halogens is 3. The standard InChI is InChI=1S/C14H11Cl3N2O/c1-7-3-8(2)12(10(15)4-7)19-14(20)9-5-11(16)13(17)18-6-9/h3-6H,1-2H3,(H,19,20). The number of aryl methyl sites for hydroxylation is 2. The molecule has 6 heteroatoms. The lowest BCUT2D eigenvalue weighted by atomic mass is 10.1.